The summed E-state index contributed by atoms with van der Waals surface area (Å²) in [6, 6.07) is 5.27. The second-order valence-electron chi connectivity index (χ2n) is 4.69. The Hall–Kier alpha value is -0.980. The average Bonchev–Trinajstić information content (AvgIpc) is 2.35. The molecule has 5 nitrogen and oxygen atoms in total. The Balaban J connectivity index is 2.77. The molecule has 0 aromatic heterocycles. The highest BCUT2D eigenvalue weighted by Crippen LogP contribution is 2.28. The number of nitrogens with zero attached hydrogens (tertiary/aromatic N) is 1. The van der Waals surface area contributed by atoms with Crippen molar-refractivity contribution >= 4 is 21.6 Å². The molecular formula is C13H19BrN2O3. The molecule has 1 N–H and O–H groups in total. The number of methoxy groups -OCH3 is 1. The average molecular weight is 331 g/mol. The first-order chi connectivity index (χ1) is 8.97. The molecule has 6 heteroatoms. The van der Waals surface area contributed by atoms with Gasteiger partial charge >= 0.3 is 0 Å². The van der Waals surface area contributed by atoms with E-state index in [2.05, 4.69) is 35.1 Å². The van der Waals surface area contributed by atoms with E-state index in [9.17, 15) is 10.1 Å². The molecule has 1 atom stereocenters. The van der Waals surface area contributed by atoms with Crippen LogP contribution in [0.1, 0.15) is 19.4 Å². The number of halogens is 1. The van der Waals surface area contributed by atoms with Gasteiger partial charge in [0.2, 0.25) is 0 Å². The molecule has 0 amide bonds. The van der Waals surface area contributed by atoms with E-state index in [4.69, 9.17) is 4.74 Å². The van der Waals surface area contributed by atoms with Crippen molar-refractivity contribution < 1.29 is 9.66 Å². The van der Waals surface area contributed by atoms with Crippen LogP contribution >= 0.6 is 15.9 Å². The van der Waals surface area contributed by atoms with Gasteiger partial charge in [0.05, 0.1) is 16.0 Å². The van der Waals surface area contributed by atoms with Crippen molar-refractivity contribution in [2.45, 2.75) is 26.4 Å². The zero-order valence-electron chi connectivity index (χ0n) is 11.4. The third-order valence-corrected chi connectivity index (χ3v) is 3.88. The predicted molar refractivity (Wildman–Crippen MR) is 78.1 cm³/mol. The molecule has 19 heavy (non-hydrogen) atoms. The number of nitro benzene ring substituents is 1. The van der Waals surface area contributed by atoms with Gasteiger partial charge in [0.1, 0.15) is 0 Å². The van der Waals surface area contributed by atoms with E-state index in [1.165, 1.54) is 6.07 Å². The van der Waals surface area contributed by atoms with E-state index in [1.54, 1.807) is 13.2 Å². The number of ether oxygens (including phenoxy) is 1. The van der Waals surface area contributed by atoms with E-state index in [-0.39, 0.29) is 16.7 Å². The summed E-state index contributed by atoms with van der Waals surface area (Å²) in [6.45, 7) is 5.40. The van der Waals surface area contributed by atoms with Crippen LogP contribution in [0.25, 0.3) is 0 Å². The molecule has 0 saturated carbocycles. The molecule has 1 aromatic carbocycles. The summed E-state index contributed by atoms with van der Waals surface area (Å²) < 4.78 is 5.70. The number of benzene rings is 1. The van der Waals surface area contributed by atoms with Gasteiger partial charge in [-0.2, -0.15) is 0 Å². The van der Waals surface area contributed by atoms with Crippen LogP contribution in [-0.4, -0.2) is 24.7 Å². The standard InChI is InChI=1S/C13H19BrN2O3/c1-9(2)11(8-19-3)15-7-10-5-4-6-12(13(10)14)16(17)18/h4-6,9,11,15H,7-8H2,1-3H3. The lowest BCUT2D eigenvalue weighted by atomic mass is 10.0. The molecule has 0 radical (unpaired) electrons. The van der Waals surface area contributed by atoms with Gasteiger partial charge in [0.15, 0.2) is 0 Å². The molecule has 0 aliphatic carbocycles. The number of nitro groups is 1. The molecule has 0 aliphatic rings. The zero-order chi connectivity index (χ0) is 14.4. The number of hydrogen-bond acceptors (Lipinski definition) is 4. The lowest BCUT2D eigenvalue weighted by Crippen LogP contribution is -2.37. The smallest absolute Gasteiger partial charge is 0.283 e. The highest BCUT2D eigenvalue weighted by Gasteiger charge is 2.17. The second-order valence-corrected chi connectivity index (χ2v) is 5.49. The molecule has 0 heterocycles. The minimum Gasteiger partial charge on any atom is -0.383 e. The van der Waals surface area contributed by atoms with Gasteiger partial charge in [-0.15, -0.1) is 0 Å². The summed E-state index contributed by atoms with van der Waals surface area (Å²) in [6.07, 6.45) is 0. The maximum absolute atomic E-state index is 10.9. The van der Waals surface area contributed by atoms with Crippen molar-refractivity contribution in [2.24, 2.45) is 5.92 Å². The molecule has 0 spiro atoms. The van der Waals surface area contributed by atoms with Gasteiger partial charge in [-0.25, -0.2) is 0 Å². The van der Waals surface area contributed by atoms with Crippen LogP contribution in [0.3, 0.4) is 0 Å². The first-order valence-corrected chi connectivity index (χ1v) is 6.90. The highest BCUT2D eigenvalue weighted by atomic mass is 79.9. The molecule has 1 aromatic rings. The van der Waals surface area contributed by atoms with E-state index in [0.29, 0.717) is 23.5 Å². The van der Waals surface area contributed by atoms with Crippen molar-refractivity contribution in [3.8, 4) is 0 Å². The van der Waals surface area contributed by atoms with Crippen LogP contribution in [0.4, 0.5) is 5.69 Å². The van der Waals surface area contributed by atoms with E-state index in [0.717, 1.165) is 5.56 Å². The minimum absolute atomic E-state index is 0.0899. The largest absolute Gasteiger partial charge is 0.383 e. The van der Waals surface area contributed by atoms with Gasteiger partial charge in [-0.1, -0.05) is 26.0 Å². The Labute approximate surface area is 121 Å². The molecule has 0 fully saturated rings. The van der Waals surface area contributed by atoms with E-state index >= 15 is 0 Å². The van der Waals surface area contributed by atoms with Crippen LogP contribution in [0, 0.1) is 16.0 Å². The fraction of sp³-hybridized carbons (Fsp3) is 0.538. The van der Waals surface area contributed by atoms with Crippen LogP contribution in [0.15, 0.2) is 22.7 Å². The Bertz CT molecular complexity index is 438. The van der Waals surface area contributed by atoms with E-state index < -0.39 is 0 Å². The normalized spacial score (nSPS) is 12.7. The Morgan fingerprint density at radius 2 is 2.16 bits per heavy atom. The third kappa shape index (κ3) is 4.56. The Kier molecular flexibility index (Phi) is 6.41. The monoisotopic (exact) mass is 330 g/mol. The van der Waals surface area contributed by atoms with Crippen LogP contribution < -0.4 is 5.32 Å². The fourth-order valence-electron chi connectivity index (χ4n) is 1.75. The van der Waals surface area contributed by atoms with Crippen LogP contribution in [0.2, 0.25) is 0 Å². The van der Waals surface area contributed by atoms with Gasteiger partial charge in [-0.3, -0.25) is 10.1 Å². The highest BCUT2D eigenvalue weighted by molar-refractivity contribution is 9.10. The van der Waals surface area contributed by atoms with E-state index in [1.807, 2.05) is 6.07 Å². The summed E-state index contributed by atoms with van der Waals surface area (Å²) in [5.74, 6) is 0.428. The lowest BCUT2D eigenvalue weighted by Gasteiger charge is -2.21. The zero-order valence-corrected chi connectivity index (χ0v) is 12.9. The molecule has 0 aliphatic heterocycles. The van der Waals surface area contributed by atoms with Crippen molar-refractivity contribution in [1.82, 2.24) is 5.32 Å². The van der Waals surface area contributed by atoms with Gasteiger partial charge in [0, 0.05) is 25.8 Å². The Morgan fingerprint density at radius 3 is 2.68 bits per heavy atom. The third-order valence-electron chi connectivity index (χ3n) is 2.96. The topological polar surface area (TPSA) is 64.4 Å². The van der Waals surface area contributed by atoms with Crippen molar-refractivity contribution in [1.29, 1.82) is 0 Å². The first kappa shape index (κ1) is 16.1. The Morgan fingerprint density at radius 1 is 1.47 bits per heavy atom. The lowest BCUT2D eigenvalue weighted by molar-refractivity contribution is -0.385. The van der Waals surface area contributed by atoms with Crippen molar-refractivity contribution in [3.63, 3.8) is 0 Å². The number of rotatable bonds is 7. The second kappa shape index (κ2) is 7.57. The molecular weight excluding hydrogens is 312 g/mol. The SMILES string of the molecule is COCC(NCc1cccc([N+](=O)[O-])c1Br)C(C)C. The van der Waals surface area contributed by atoms with Crippen LogP contribution in [0.5, 0.6) is 0 Å². The summed E-state index contributed by atoms with van der Waals surface area (Å²) in [5, 5.41) is 14.2. The molecule has 1 rings (SSSR count). The molecule has 106 valence electrons. The summed E-state index contributed by atoms with van der Waals surface area (Å²) in [4.78, 5) is 10.5. The van der Waals surface area contributed by atoms with Gasteiger partial charge in [-0.05, 0) is 27.4 Å². The summed E-state index contributed by atoms with van der Waals surface area (Å²) >= 11 is 3.30. The van der Waals surface area contributed by atoms with Crippen molar-refractivity contribution in [2.75, 3.05) is 13.7 Å². The first-order valence-electron chi connectivity index (χ1n) is 6.11. The molecule has 0 saturated heterocycles. The quantitative estimate of drug-likeness (QED) is 0.616. The summed E-state index contributed by atoms with van der Waals surface area (Å²) in [5.41, 5.74) is 0.961. The maximum Gasteiger partial charge on any atom is 0.283 e. The minimum atomic E-state index is -0.386. The number of nitrogens with one attached hydrogen (secondary N) is 1. The summed E-state index contributed by atoms with van der Waals surface area (Å²) in [7, 11) is 1.67. The predicted octanol–water partition coefficient (Wildman–Crippen LogP) is 3.12. The van der Waals surface area contributed by atoms with Crippen LogP contribution in [-0.2, 0) is 11.3 Å². The molecule has 0 bridgehead atoms. The number of hydrogen-bond donors (Lipinski definition) is 1. The van der Waals surface area contributed by atoms with Gasteiger partial charge < -0.3 is 10.1 Å². The maximum atomic E-state index is 10.9. The van der Waals surface area contributed by atoms with Gasteiger partial charge in [0.25, 0.3) is 5.69 Å². The fourth-order valence-corrected chi connectivity index (χ4v) is 2.30. The molecule has 1 unspecified atom stereocenters. The van der Waals surface area contributed by atoms with Crippen molar-refractivity contribution in [3.05, 3.63) is 38.3 Å².